The number of fused-ring (bicyclic) bond motifs is 1. The van der Waals surface area contributed by atoms with E-state index in [2.05, 4.69) is 0 Å². The van der Waals surface area contributed by atoms with Crippen LogP contribution >= 0.6 is 0 Å². The molecule has 0 N–H and O–H groups in total. The van der Waals surface area contributed by atoms with Crippen LogP contribution in [-0.2, 0) is 27.2 Å². The number of ether oxygens (including phenoxy) is 1. The maximum atomic E-state index is 12.3. The fourth-order valence-electron chi connectivity index (χ4n) is 4.54. The number of hydrogen-bond donors (Lipinski definition) is 0. The molecule has 2 aliphatic carbocycles. The number of carbonyl (C=O) groups excluding carboxylic acids is 3. The Labute approximate surface area is 153 Å². The Balaban J connectivity index is 1.31. The summed E-state index contributed by atoms with van der Waals surface area (Å²) in [5, 5.41) is 0. The van der Waals surface area contributed by atoms with Crippen LogP contribution in [0.1, 0.15) is 60.0 Å². The van der Waals surface area contributed by atoms with Crippen LogP contribution in [0.2, 0.25) is 0 Å². The molecule has 4 rings (SSSR count). The molecule has 1 saturated carbocycles. The molecule has 5 nitrogen and oxygen atoms in total. The summed E-state index contributed by atoms with van der Waals surface area (Å²) >= 11 is 0. The minimum atomic E-state index is -0.434. The van der Waals surface area contributed by atoms with E-state index in [9.17, 15) is 14.4 Å². The van der Waals surface area contributed by atoms with E-state index in [0.29, 0.717) is 12.1 Å². The highest BCUT2D eigenvalue weighted by Crippen LogP contribution is 2.30. The van der Waals surface area contributed by atoms with Crippen molar-refractivity contribution in [2.24, 2.45) is 5.92 Å². The number of nitrogens with zero attached hydrogens (tertiary/aromatic N) is 1. The van der Waals surface area contributed by atoms with E-state index in [-0.39, 0.29) is 30.8 Å². The summed E-state index contributed by atoms with van der Waals surface area (Å²) in [7, 11) is 0. The smallest absolute Gasteiger partial charge is 0.311 e. The largest absolute Gasteiger partial charge is 0.457 e. The van der Waals surface area contributed by atoms with Crippen molar-refractivity contribution in [3.8, 4) is 0 Å². The molecule has 1 atom stereocenters. The van der Waals surface area contributed by atoms with Gasteiger partial charge in [-0.3, -0.25) is 14.4 Å². The number of carbonyl (C=O) groups is 3. The third kappa shape index (κ3) is 3.39. The molecule has 1 amide bonds. The summed E-state index contributed by atoms with van der Waals surface area (Å²) in [5.41, 5.74) is 3.15. The third-order valence-corrected chi connectivity index (χ3v) is 6.02. The van der Waals surface area contributed by atoms with E-state index in [1.807, 2.05) is 23.1 Å². The zero-order chi connectivity index (χ0) is 18.1. The average Bonchev–Trinajstić information content (AvgIpc) is 3.38. The van der Waals surface area contributed by atoms with Crippen LogP contribution in [-0.4, -0.2) is 41.8 Å². The van der Waals surface area contributed by atoms with Gasteiger partial charge in [0.2, 0.25) is 5.91 Å². The molecule has 0 unspecified atom stereocenters. The van der Waals surface area contributed by atoms with Gasteiger partial charge in [-0.2, -0.15) is 0 Å². The number of esters is 1. The maximum absolute atomic E-state index is 12.3. The van der Waals surface area contributed by atoms with Crippen molar-refractivity contribution in [3.05, 3.63) is 34.9 Å². The van der Waals surface area contributed by atoms with Crippen LogP contribution in [0.15, 0.2) is 18.2 Å². The Hall–Kier alpha value is -2.17. The highest BCUT2D eigenvalue weighted by atomic mass is 16.5. The lowest BCUT2D eigenvalue weighted by Crippen LogP contribution is -2.35. The second-order valence-electron chi connectivity index (χ2n) is 7.75. The summed E-state index contributed by atoms with van der Waals surface area (Å²) in [6.45, 7) is 0.196. The normalized spacial score (nSPS) is 22.7. The van der Waals surface area contributed by atoms with Crippen molar-refractivity contribution in [2.75, 3.05) is 13.2 Å². The minimum Gasteiger partial charge on any atom is -0.457 e. The van der Waals surface area contributed by atoms with Gasteiger partial charge in [-0.1, -0.05) is 25.0 Å². The monoisotopic (exact) mass is 355 g/mol. The molecule has 5 heteroatoms. The average molecular weight is 355 g/mol. The van der Waals surface area contributed by atoms with Crippen molar-refractivity contribution in [1.29, 1.82) is 0 Å². The first-order valence-corrected chi connectivity index (χ1v) is 9.73. The Bertz CT molecular complexity index is 736. The molecule has 138 valence electrons. The quantitative estimate of drug-likeness (QED) is 0.602. The standard InChI is InChI=1S/C21H25NO4/c23-19(16-9-8-14-4-3-5-15(14)10-16)13-26-21(25)17-11-20(24)22(12-17)18-6-1-2-7-18/h8-10,17-18H,1-7,11-13H2/t17-/m0/s1. The number of benzene rings is 1. The van der Waals surface area contributed by atoms with Gasteiger partial charge in [-0.25, -0.2) is 0 Å². The van der Waals surface area contributed by atoms with Gasteiger partial charge in [0.1, 0.15) is 0 Å². The van der Waals surface area contributed by atoms with Gasteiger partial charge in [-0.05, 0) is 49.3 Å². The maximum Gasteiger partial charge on any atom is 0.311 e. The molecule has 1 aromatic rings. The van der Waals surface area contributed by atoms with Crippen LogP contribution in [0.5, 0.6) is 0 Å². The third-order valence-electron chi connectivity index (χ3n) is 6.02. The molecule has 0 bridgehead atoms. The molecule has 0 aromatic heterocycles. The van der Waals surface area contributed by atoms with Crippen LogP contribution in [0, 0.1) is 5.92 Å². The summed E-state index contributed by atoms with van der Waals surface area (Å²) < 4.78 is 5.25. The second kappa shape index (κ2) is 7.22. The van der Waals surface area contributed by atoms with Gasteiger partial charge < -0.3 is 9.64 Å². The van der Waals surface area contributed by atoms with Crippen LogP contribution in [0.25, 0.3) is 0 Å². The first-order chi connectivity index (χ1) is 12.6. The number of aryl methyl sites for hydroxylation is 2. The predicted octanol–water partition coefficient (Wildman–Crippen LogP) is 2.69. The van der Waals surface area contributed by atoms with Crippen LogP contribution < -0.4 is 0 Å². The summed E-state index contributed by atoms with van der Waals surface area (Å²) in [6, 6.07) is 6.04. The van der Waals surface area contributed by atoms with Crippen molar-refractivity contribution in [3.63, 3.8) is 0 Å². The molecule has 2 fully saturated rings. The fraction of sp³-hybridized carbons (Fsp3) is 0.571. The summed E-state index contributed by atoms with van der Waals surface area (Å²) in [5.74, 6) is -0.988. The summed E-state index contributed by atoms with van der Waals surface area (Å²) in [6.07, 6.45) is 7.80. The number of Topliss-reactive ketones (excluding diaryl/α,β-unsaturated/α-hetero) is 1. The Morgan fingerprint density at radius 3 is 2.65 bits per heavy atom. The number of ketones is 1. The Kier molecular flexibility index (Phi) is 4.79. The van der Waals surface area contributed by atoms with Gasteiger partial charge in [0.25, 0.3) is 0 Å². The number of hydrogen-bond acceptors (Lipinski definition) is 4. The van der Waals surface area contributed by atoms with Crippen LogP contribution in [0.3, 0.4) is 0 Å². The predicted molar refractivity (Wildman–Crippen MR) is 95.8 cm³/mol. The summed E-state index contributed by atoms with van der Waals surface area (Å²) in [4.78, 5) is 38.7. The van der Waals surface area contributed by atoms with E-state index in [1.165, 1.54) is 11.1 Å². The number of likely N-dealkylation sites (tertiary alicyclic amines) is 1. The van der Waals surface area contributed by atoms with E-state index >= 15 is 0 Å². The highest BCUT2D eigenvalue weighted by molar-refractivity contribution is 5.98. The van der Waals surface area contributed by atoms with Crippen LogP contribution in [0.4, 0.5) is 0 Å². The highest BCUT2D eigenvalue weighted by Gasteiger charge is 2.39. The van der Waals surface area contributed by atoms with E-state index in [4.69, 9.17) is 4.74 Å². The molecule has 3 aliphatic rings. The van der Waals surface area contributed by atoms with Crippen molar-refractivity contribution >= 4 is 17.7 Å². The van der Waals surface area contributed by atoms with Crippen molar-refractivity contribution in [1.82, 2.24) is 4.90 Å². The molecule has 26 heavy (non-hydrogen) atoms. The Morgan fingerprint density at radius 2 is 1.85 bits per heavy atom. The molecule has 1 heterocycles. The molecule has 1 aliphatic heterocycles. The SMILES string of the molecule is O=C(COC(=O)[C@H]1CC(=O)N(C2CCCC2)C1)c1ccc2c(c1)CCC2. The van der Waals surface area contributed by atoms with Gasteiger partial charge in [0.05, 0.1) is 5.92 Å². The van der Waals surface area contributed by atoms with Gasteiger partial charge in [0.15, 0.2) is 12.4 Å². The lowest BCUT2D eigenvalue weighted by atomic mass is 10.0. The number of amides is 1. The first kappa shape index (κ1) is 17.3. The topological polar surface area (TPSA) is 63.7 Å². The van der Waals surface area contributed by atoms with Crippen molar-refractivity contribution in [2.45, 2.75) is 57.4 Å². The number of rotatable bonds is 5. The Morgan fingerprint density at radius 1 is 1.08 bits per heavy atom. The molecule has 1 aromatic carbocycles. The first-order valence-electron chi connectivity index (χ1n) is 9.73. The van der Waals surface area contributed by atoms with Crippen molar-refractivity contribution < 1.29 is 19.1 Å². The minimum absolute atomic E-state index is 0.0452. The second-order valence-corrected chi connectivity index (χ2v) is 7.75. The molecular formula is C21H25NO4. The zero-order valence-electron chi connectivity index (χ0n) is 15.0. The van der Waals surface area contributed by atoms with Gasteiger partial charge in [0, 0.05) is 24.6 Å². The van der Waals surface area contributed by atoms with E-state index in [0.717, 1.165) is 44.9 Å². The molecule has 0 radical (unpaired) electrons. The van der Waals surface area contributed by atoms with Gasteiger partial charge >= 0.3 is 5.97 Å². The zero-order valence-corrected chi connectivity index (χ0v) is 15.0. The lowest BCUT2D eigenvalue weighted by Gasteiger charge is -2.23. The fourth-order valence-corrected chi connectivity index (χ4v) is 4.54. The molecule has 0 spiro atoms. The van der Waals surface area contributed by atoms with E-state index < -0.39 is 11.9 Å². The lowest BCUT2D eigenvalue weighted by molar-refractivity contribution is -0.147. The molecule has 1 saturated heterocycles. The van der Waals surface area contributed by atoms with E-state index in [1.54, 1.807) is 0 Å². The molecular weight excluding hydrogens is 330 g/mol. The van der Waals surface area contributed by atoms with Gasteiger partial charge in [-0.15, -0.1) is 0 Å².